The molecule has 0 bridgehead atoms. The van der Waals surface area contributed by atoms with Crippen molar-refractivity contribution in [3.63, 3.8) is 0 Å². The van der Waals surface area contributed by atoms with Crippen LogP contribution in [0.2, 0.25) is 5.02 Å². The maximum absolute atomic E-state index is 14.9. The van der Waals surface area contributed by atoms with E-state index in [2.05, 4.69) is 30.8 Å². The zero-order valence-electron chi connectivity index (χ0n) is 20.9. The average Bonchev–Trinajstić information content (AvgIpc) is 3.61. The molecule has 1 aliphatic heterocycles. The van der Waals surface area contributed by atoms with Crippen LogP contribution >= 0.6 is 11.6 Å². The molecule has 1 saturated carbocycles. The topological polar surface area (TPSA) is 125 Å². The van der Waals surface area contributed by atoms with E-state index in [0.29, 0.717) is 47.6 Å². The van der Waals surface area contributed by atoms with Gasteiger partial charge in [0, 0.05) is 35.5 Å². The number of alkyl carbamates (subject to hydrolysis) is 1. The van der Waals surface area contributed by atoms with Gasteiger partial charge in [-0.2, -0.15) is 5.10 Å². The highest BCUT2D eigenvalue weighted by Gasteiger charge is 2.31. The third-order valence-electron chi connectivity index (χ3n) is 6.31. The number of likely N-dealkylation sites (tertiary alicyclic amines) is 1. The highest BCUT2D eigenvalue weighted by atomic mass is 35.5. The first kappa shape index (κ1) is 25.2. The number of carbonyl (C=O) groups is 2. The number of anilines is 2. The van der Waals surface area contributed by atoms with Crippen molar-refractivity contribution in [2.75, 3.05) is 18.4 Å². The van der Waals surface area contributed by atoms with Gasteiger partial charge in [-0.25, -0.2) is 19.2 Å². The van der Waals surface area contributed by atoms with E-state index in [1.54, 1.807) is 43.9 Å². The molecule has 5 rings (SSSR count). The number of aromatic nitrogens is 4. The number of nitrogens with one attached hydrogen (secondary N) is 3. The molecule has 1 aromatic carbocycles. The van der Waals surface area contributed by atoms with Crippen LogP contribution in [0, 0.1) is 5.82 Å². The van der Waals surface area contributed by atoms with Gasteiger partial charge in [0.25, 0.3) is 5.91 Å². The molecule has 10 nitrogen and oxygen atoms in total. The Kier molecular flexibility index (Phi) is 6.65. The monoisotopic (exact) mass is 529 g/mol. The quantitative estimate of drug-likeness (QED) is 0.429. The second-order valence-electron chi connectivity index (χ2n) is 10.5. The number of benzene rings is 1. The lowest BCUT2D eigenvalue weighted by Crippen LogP contribution is -2.47. The van der Waals surface area contributed by atoms with Crippen molar-refractivity contribution >= 4 is 46.1 Å². The van der Waals surface area contributed by atoms with Crippen molar-refractivity contribution in [3.8, 4) is 0 Å². The van der Waals surface area contributed by atoms with Gasteiger partial charge in [0.05, 0.1) is 11.2 Å². The number of hydrogen-bond donors (Lipinski definition) is 3. The summed E-state index contributed by atoms with van der Waals surface area (Å²) < 4.78 is 20.2. The summed E-state index contributed by atoms with van der Waals surface area (Å²) in [4.78, 5) is 36.0. The zero-order chi connectivity index (χ0) is 26.3. The fourth-order valence-electron chi connectivity index (χ4n) is 4.31. The number of nitrogens with zero attached hydrogens (tertiary/aromatic N) is 4. The van der Waals surface area contributed by atoms with E-state index in [0.717, 1.165) is 12.8 Å². The fraction of sp³-hybridized carbons (Fsp3) is 0.480. The van der Waals surface area contributed by atoms with Crippen LogP contribution < -0.4 is 10.6 Å². The molecule has 2 fully saturated rings. The van der Waals surface area contributed by atoms with E-state index in [1.807, 2.05) is 0 Å². The summed E-state index contributed by atoms with van der Waals surface area (Å²) >= 11 is 6.19. The molecule has 0 atom stereocenters. The molecular formula is C25H29ClFN7O3. The highest BCUT2D eigenvalue weighted by molar-refractivity contribution is 6.31. The van der Waals surface area contributed by atoms with E-state index >= 15 is 0 Å². The molecule has 0 spiro atoms. The first-order chi connectivity index (χ1) is 17.6. The number of hydrogen-bond acceptors (Lipinski definition) is 7. The molecule has 1 saturated heterocycles. The molecule has 0 radical (unpaired) electrons. The maximum Gasteiger partial charge on any atom is 0.407 e. The van der Waals surface area contributed by atoms with Crippen molar-refractivity contribution in [2.24, 2.45) is 0 Å². The molecule has 37 heavy (non-hydrogen) atoms. The number of H-pyrrole nitrogens is 1. The maximum atomic E-state index is 14.9. The lowest BCUT2D eigenvalue weighted by molar-refractivity contribution is 0.0472. The molecule has 3 heterocycles. The van der Waals surface area contributed by atoms with Crippen LogP contribution in [-0.2, 0) is 4.74 Å². The molecule has 3 aromatic rings. The smallest absolute Gasteiger partial charge is 0.407 e. The van der Waals surface area contributed by atoms with E-state index in [4.69, 9.17) is 16.3 Å². The number of carbonyl (C=O) groups excluding carboxylic acids is 2. The van der Waals surface area contributed by atoms with Gasteiger partial charge in [-0.15, -0.1) is 0 Å². The van der Waals surface area contributed by atoms with Crippen molar-refractivity contribution < 1.29 is 18.7 Å². The Balaban J connectivity index is 1.33. The van der Waals surface area contributed by atoms with Crippen molar-refractivity contribution in [1.29, 1.82) is 0 Å². The van der Waals surface area contributed by atoms with Gasteiger partial charge in [-0.3, -0.25) is 9.89 Å². The normalized spacial score (nSPS) is 16.6. The minimum Gasteiger partial charge on any atom is -0.444 e. The Bertz CT molecular complexity index is 1340. The van der Waals surface area contributed by atoms with E-state index < -0.39 is 17.5 Å². The third-order valence-corrected chi connectivity index (χ3v) is 6.54. The zero-order valence-corrected chi connectivity index (χ0v) is 21.7. The van der Waals surface area contributed by atoms with Crippen molar-refractivity contribution in [2.45, 2.75) is 64.0 Å². The van der Waals surface area contributed by atoms with Gasteiger partial charge in [0.1, 0.15) is 11.4 Å². The molecular weight excluding hydrogens is 501 g/mol. The van der Waals surface area contributed by atoms with Gasteiger partial charge in [-0.05, 0) is 64.7 Å². The number of amides is 2. The molecule has 12 heteroatoms. The Labute approximate surface area is 218 Å². The predicted molar refractivity (Wildman–Crippen MR) is 137 cm³/mol. The third kappa shape index (κ3) is 5.76. The number of piperidine rings is 1. The summed E-state index contributed by atoms with van der Waals surface area (Å²) in [6, 6.07) is 4.92. The van der Waals surface area contributed by atoms with Gasteiger partial charge in [0.15, 0.2) is 11.6 Å². The second-order valence-corrected chi connectivity index (χ2v) is 10.9. The SMILES string of the molecule is CC(C)(C)OC(=O)NC1CCN(C(=O)c2nc(Nc3n[nH]c(C4CC4)c3F)c3cc(Cl)ccc3n2)CC1. The number of rotatable bonds is 5. The number of aromatic amines is 1. The molecule has 196 valence electrons. The van der Waals surface area contributed by atoms with E-state index in [9.17, 15) is 14.0 Å². The van der Waals surface area contributed by atoms with E-state index in [-0.39, 0.29) is 35.3 Å². The Hall–Kier alpha value is -3.47. The van der Waals surface area contributed by atoms with Crippen LogP contribution in [-0.4, -0.2) is 61.8 Å². The number of halogens is 2. The predicted octanol–water partition coefficient (Wildman–Crippen LogP) is 4.90. The molecule has 2 aliphatic rings. The van der Waals surface area contributed by atoms with Crippen LogP contribution in [0.3, 0.4) is 0 Å². The van der Waals surface area contributed by atoms with Gasteiger partial charge >= 0.3 is 6.09 Å². The second kappa shape index (κ2) is 9.77. The molecule has 0 unspecified atom stereocenters. The van der Waals surface area contributed by atoms with Crippen LogP contribution in [0.5, 0.6) is 0 Å². The minimum absolute atomic E-state index is 0.00862. The fourth-order valence-corrected chi connectivity index (χ4v) is 4.49. The molecule has 3 N–H and O–H groups in total. The van der Waals surface area contributed by atoms with Gasteiger partial charge in [-0.1, -0.05) is 11.6 Å². The Morgan fingerprint density at radius 2 is 1.86 bits per heavy atom. The van der Waals surface area contributed by atoms with Crippen LogP contribution in [0.15, 0.2) is 18.2 Å². The number of ether oxygens (including phenoxy) is 1. The van der Waals surface area contributed by atoms with Crippen LogP contribution in [0.25, 0.3) is 10.9 Å². The standard InChI is InChI=1S/C25H29ClFN7O3/c1-25(2,3)37-24(36)28-15-8-10-34(11-9-15)23(35)22-29-17-7-6-14(26)12-16(17)20(31-22)30-21-18(27)19(32-33-21)13-4-5-13/h6-7,12-13,15H,4-5,8-11H2,1-3H3,(H,28,36)(H2,29,30,31,32,33). The molecule has 2 amide bonds. The first-order valence-electron chi connectivity index (χ1n) is 12.3. The minimum atomic E-state index is -0.581. The summed E-state index contributed by atoms with van der Waals surface area (Å²) in [5, 5.41) is 13.6. The van der Waals surface area contributed by atoms with Crippen molar-refractivity contribution in [3.05, 3.63) is 40.6 Å². The lowest BCUT2D eigenvalue weighted by Gasteiger charge is -2.32. The van der Waals surface area contributed by atoms with Gasteiger partial charge in [0.2, 0.25) is 5.82 Å². The number of fused-ring (bicyclic) bond motifs is 1. The summed E-state index contributed by atoms with van der Waals surface area (Å²) in [5.74, 6) is -0.418. The van der Waals surface area contributed by atoms with Crippen LogP contribution in [0.4, 0.5) is 20.8 Å². The average molecular weight is 530 g/mol. The summed E-state index contributed by atoms with van der Waals surface area (Å²) in [5.41, 5.74) is 0.380. The first-order valence-corrected chi connectivity index (χ1v) is 12.7. The Morgan fingerprint density at radius 1 is 1.14 bits per heavy atom. The van der Waals surface area contributed by atoms with E-state index in [1.165, 1.54) is 0 Å². The summed E-state index contributed by atoms with van der Waals surface area (Å²) in [7, 11) is 0. The largest absolute Gasteiger partial charge is 0.444 e. The lowest BCUT2D eigenvalue weighted by atomic mass is 10.1. The molecule has 1 aliphatic carbocycles. The highest BCUT2D eigenvalue weighted by Crippen LogP contribution is 2.41. The van der Waals surface area contributed by atoms with Crippen molar-refractivity contribution in [1.82, 2.24) is 30.4 Å². The molecule has 2 aromatic heterocycles. The summed E-state index contributed by atoms with van der Waals surface area (Å²) in [6.07, 6.45) is 2.52. The van der Waals surface area contributed by atoms with Gasteiger partial charge < -0.3 is 20.3 Å². The Morgan fingerprint density at radius 3 is 2.54 bits per heavy atom. The summed E-state index contributed by atoms with van der Waals surface area (Å²) in [6.45, 7) is 6.26. The van der Waals surface area contributed by atoms with Crippen LogP contribution in [0.1, 0.15) is 68.7 Å².